The molecule has 0 unspecified atom stereocenters. The van der Waals surface area contributed by atoms with E-state index in [4.69, 9.17) is 0 Å². The van der Waals surface area contributed by atoms with Gasteiger partial charge in [-0.15, -0.1) is 0 Å². The van der Waals surface area contributed by atoms with Crippen LogP contribution in [-0.2, 0) is 0 Å². The Labute approximate surface area is 146 Å². The van der Waals surface area contributed by atoms with E-state index in [0.717, 1.165) is 42.4 Å². The second-order valence-corrected chi connectivity index (χ2v) is 6.72. The number of hydrogen-bond acceptors (Lipinski definition) is 4. The Morgan fingerprint density at radius 2 is 2.04 bits per heavy atom. The first kappa shape index (κ1) is 15.8. The van der Waals surface area contributed by atoms with Gasteiger partial charge in [0.25, 0.3) is 5.91 Å². The molecule has 0 spiro atoms. The number of carbonyl (C=O) groups excluding carboxylic acids is 1. The Bertz CT molecular complexity index is 940. The molecule has 7 nitrogen and oxygen atoms in total. The number of likely N-dealkylation sites (tertiary alicyclic amines) is 1. The second kappa shape index (κ2) is 5.98. The highest BCUT2D eigenvalue weighted by Crippen LogP contribution is 2.23. The van der Waals surface area contributed by atoms with Gasteiger partial charge in [-0.2, -0.15) is 5.10 Å². The molecule has 1 aliphatic rings. The summed E-state index contributed by atoms with van der Waals surface area (Å²) in [4.78, 5) is 23.7. The highest BCUT2D eigenvalue weighted by molar-refractivity contribution is 5.93. The average Bonchev–Trinajstić information content (AvgIpc) is 3.18. The first-order valence-electron chi connectivity index (χ1n) is 8.66. The average molecular weight is 338 g/mol. The number of nitrogens with zero attached hydrogens (tertiary/aromatic N) is 6. The maximum Gasteiger partial charge on any atom is 0.274 e. The Morgan fingerprint density at radius 1 is 1.20 bits per heavy atom. The van der Waals surface area contributed by atoms with Crippen molar-refractivity contribution in [1.29, 1.82) is 0 Å². The number of aryl methyl sites for hydroxylation is 3. The number of carbonyl (C=O) groups is 1. The summed E-state index contributed by atoms with van der Waals surface area (Å²) in [6, 6.07) is 6.07. The topological polar surface area (TPSA) is 68.3 Å². The molecule has 3 aromatic heterocycles. The molecule has 130 valence electrons. The summed E-state index contributed by atoms with van der Waals surface area (Å²) in [5.74, 6) is 1.67. The summed E-state index contributed by atoms with van der Waals surface area (Å²) in [5.41, 5.74) is 2.37. The van der Waals surface area contributed by atoms with Crippen molar-refractivity contribution in [2.24, 2.45) is 0 Å². The lowest BCUT2D eigenvalue weighted by molar-refractivity contribution is 0.0666. The zero-order valence-corrected chi connectivity index (χ0v) is 14.8. The van der Waals surface area contributed by atoms with E-state index in [1.54, 1.807) is 0 Å². The van der Waals surface area contributed by atoms with Gasteiger partial charge in [0.2, 0.25) is 0 Å². The lowest BCUT2D eigenvalue weighted by Crippen LogP contribution is -2.41. The van der Waals surface area contributed by atoms with Crippen molar-refractivity contribution in [3.8, 4) is 0 Å². The van der Waals surface area contributed by atoms with Crippen molar-refractivity contribution >= 4 is 11.6 Å². The van der Waals surface area contributed by atoms with Crippen LogP contribution >= 0.6 is 0 Å². The van der Waals surface area contributed by atoms with E-state index in [9.17, 15) is 4.79 Å². The van der Waals surface area contributed by atoms with Crippen LogP contribution < -0.4 is 0 Å². The summed E-state index contributed by atoms with van der Waals surface area (Å²) in [6.07, 6.45) is 3.81. The SMILES string of the molecule is Cc1nc(C)n([C@H]2CCCN(C(=O)c3cn4c(C)cccc4n3)C2)n1. The van der Waals surface area contributed by atoms with Gasteiger partial charge >= 0.3 is 0 Å². The van der Waals surface area contributed by atoms with Crippen molar-refractivity contribution in [3.05, 3.63) is 47.4 Å². The van der Waals surface area contributed by atoms with E-state index in [2.05, 4.69) is 15.1 Å². The van der Waals surface area contributed by atoms with E-state index in [-0.39, 0.29) is 11.9 Å². The standard InChI is InChI=1S/C18H22N6O/c1-12-6-4-8-17-20-16(11-23(12)17)18(25)22-9-5-7-15(10-22)24-14(3)19-13(2)21-24/h4,6,8,11,15H,5,7,9-10H2,1-3H3/t15-/m0/s1. The number of fused-ring (bicyclic) bond motifs is 1. The quantitative estimate of drug-likeness (QED) is 0.719. The highest BCUT2D eigenvalue weighted by atomic mass is 16.2. The largest absolute Gasteiger partial charge is 0.335 e. The van der Waals surface area contributed by atoms with E-state index in [0.29, 0.717) is 12.2 Å². The molecule has 1 fully saturated rings. The van der Waals surface area contributed by atoms with Crippen molar-refractivity contribution < 1.29 is 4.79 Å². The Morgan fingerprint density at radius 3 is 2.76 bits per heavy atom. The fraction of sp³-hybridized carbons (Fsp3) is 0.444. The summed E-state index contributed by atoms with van der Waals surface area (Å²) in [5, 5.41) is 4.49. The number of aromatic nitrogens is 5. The van der Waals surface area contributed by atoms with E-state index in [1.807, 2.05) is 59.1 Å². The maximum atomic E-state index is 13.0. The smallest absolute Gasteiger partial charge is 0.274 e. The zero-order valence-electron chi connectivity index (χ0n) is 14.8. The molecule has 1 saturated heterocycles. The summed E-state index contributed by atoms with van der Waals surface area (Å²) < 4.78 is 3.92. The van der Waals surface area contributed by atoms with Gasteiger partial charge in [-0.05, 0) is 45.7 Å². The normalized spacial score (nSPS) is 18.0. The number of amides is 1. The molecule has 3 aromatic rings. The molecule has 0 N–H and O–H groups in total. The lowest BCUT2D eigenvalue weighted by atomic mass is 10.1. The minimum atomic E-state index is -0.0118. The summed E-state index contributed by atoms with van der Waals surface area (Å²) in [7, 11) is 0. The lowest BCUT2D eigenvalue weighted by Gasteiger charge is -2.32. The second-order valence-electron chi connectivity index (χ2n) is 6.72. The van der Waals surface area contributed by atoms with E-state index in [1.165, 1.54) is 0 Å². The monoisotopic (exact) mass is 338 g/mol. The third-order valence-electron chi connectivity index (χ3n) is 4.85. The van der Waals surface area contributed by atoms with Gasteiger partial charge < -0.3 is 9.30 Å². The molecule has 1 aliphatic heterocycles. The molecule has 0 radical (unpaired) electrons. The molecule has 25 heavy (non-hydrogen) atoms. The van der Waals surface area contributed by atoms with Crippen molar-refractivity contribution in [1.82, 2.24) is 29.0 Å². The van der Waals surface area contributed by atoms with E-state index >= 15 is 0 Å². The van der Waals surface area contributed by atoms with Gasteiger partial charge in [0, 0.05) is 25.0 Å². The zero-order chi connectivity index (χ0) is 17.6. The van der Waals surface area contributed by atoms with Gasteiger partial charge in [-0.25, -0.2) is 14.6 Å². The maximum absolute atomic E-state index is 13.0. The molecule has 0 aromatic carbocycles. The third kappa shape index (κ3) is 2.79. The van der Waals surface area contributed by atoms with Crippen LogP contribution in [0, 0.1) is 20.8 Å². The molecular weight excluding hydrogens is 316 g/mol. The summed E-state index contributed by atoms with van der Waals surface area (Å²) in [6.45, 7) is 7.28. The third-order valence-corrected chi connectivity index (χ3v) is 4.85. The number of rotatable bonds is 2. The van der Waals surface area contributed by atoms with Gasteiger partial charge in [0.05, 0.1) is 6.04 Å². The van der Waals surface area contributed by atoms with Crippen LogP contribution in [0.15, 0.2) is 24.4 Å². The van der Waals surface area contributed by atoms with Gasteiger partial charge in [0.15, 0.2) is 0 Å². The van der Waals surface area contributed by atoms with Crippen LogP contribution in [0.5, 0.6) is 0 Å². The predicted octanol–water partition coefficient (Wildman–Crippen LogP) is 2.33. The summed E-state index contributed by atoms with van der Waals surface area (Å²) >= 11 is 0. The minimum absolute atomic E-state index is 0.0118. The van der Waals surface area contributed by atoms with Crippen molar-refractivity contribution in [3.63, 3.8) is 0 Å². The van der Waals surface area contributed by atoms with Gasteiger partial charge in [-0.1, -0.05) is 6.07 Å². The highest BCUT2D eigenvalue weighted by Gasteiger charge is 2.28. The Hall–Kier alpha value is -2.70. The molecule has 0 bridgehead atoms. The number of hydrogen-bond donors (Lipinski definition) is 0. The molecule has 4 rings (SSSR count). The van der Waals surface area contributed by atoms with Crippen LogP contribution in [0.3, 0.4) is 0 Å². The minimum Gasteiger partial charge on any atom is -0.335 e. The van der Waals surface area contributed by atoms with Gasteiger partial charge in [0.1, 0.15) is 23.0 Å². The van der Waals surface area contributed by atoms with Crippen molar-refractivity contribution in [2.45, 2.75) is 39.7 Å². The van der Waals surface area contributed by atoms with Gasteiger partial charge in [-0.3, -0.25) is 4.79 Å². The number of piperidine rings is 1. The molecule has 1 atom stereocenters. The van der Waals surface area contributed by atoms with Crippen LogP contribution in [-0.4, -0.2) is 48.0 Å². The molecule has 4 heterocycles. The van der Waals surface area contributed by atoms with Crippen LogP contribution in [0.2, 0.25) is 0 Å². The fourth-order valence-corrected chi connectivity index (χ4v) is 3.63. The predicted molar refractivity (Wildman–Crippen MR) is 93.6 cm³/mol. The first-order valence-corrected chi connectivity index (χ1v) is 8.66. The fourth-order valence-electron chi connectivity index (χ4n) is 3.63. The molecule has 7 heteroatoms. The molecule has 0 aliphatic carbocycles. The van der Waals surface area contributed by atoms with Crippen LogP contribution in [0.25, 0.3) is 5.65 Å². The number of pyridine rings is 1. The van der Waals surface area contributed by atoms with Crippen LogP contribution in [0.4, 0.5) is 0 Å². The Kier molecular flexibility index (Phi) is 3.78. The Balaban J connectivity index is 1.58. The number of imidazole rings is 1. The van der Waals surface area contributed by atoms with E-state index < -0.39 is 0 Å². The van der Waals surface area contributed by atoms with Crippen molar-refractivity contribution in [2.75, 3.05) is 13.1 Å². The van der Waals surface area contributed by atoms with Crippen LogP contribution in [0.1, 0.15) is 46.7 Å². The molecule has 1 amide bonds. The molecule has 0 saturated carbocycles. The first-order chi connectivity index (χ1) is 12.0. The molecular formula is C18H22N6O.